The monoisotopic (exact) mass is 214 g/mol. The summed E-state index contributed by atoms with van der Waals surface area (Å²) in [6.07, 6.45) is -1.83. The lowest BCUT2D eigenvalue weighted by Crippen LogP contribution is -2.07. The van der Waals surface area contributed by atoms with Crippen molar-refractivity contribution >= 4 is 0 Å². The number of aromatic nitrogens is 1. The van der Waals surface area contributed by atoms with Gasteiger partial charge in [-0.15, -0.1) is 0 Å². The smallest absolute Gasteiger partial charge is 0.330 e. The van der Waals surface area contributed by atoms with Crippen LogP contribution in [0.2, 0.25) is 0 Å². The second-order valence-corrected chi connectivity index (χ2v) is 2.76. The Bertz CT molecular complexity index is 388. The topological polar surface area (TPSA) is 38.9 Å². The van der Waals surface area contributed by atoms with E-state index in [1.54, 1.807) is 0 Å². The van der Waals surface area contributed by atoms with Crippen molar-refractivity contribution in [1.29, 1.82) is 0 Å². The van der Waals surface area contributed by atoms with Gasteiger partial charge in [-0.3, -0.25) is 4.98 Å². The summed E-state index contributed by atoms with van der Waals surface area (Å²) in [6, 6.07) is 0.909. The lowest BCUT2D eigenvalue weighted by atomic mass is 10.1. The highest BCUT2D eigenvalue weighted by atomic mass is 19.4. The van der Waals surface area contributed by atoms with Crippen molar-refractivity contribution in [2.45, 2.75) is 12.6 Å². The molecule has 0 spiro atoms. The first kappa shape index (κ1) is 11.5. The van der Waals surface area contributed by atoms with E-state index in [9.17, 15) is 13.2 Å². The van der Waals surface area contributed by atoms with Crippen molar-refractivity contribution in [3.05, 3.63) is 29.6 Å². The summed E-state index contributed by atoms with van der Waals surface area (Å²) in [7, 11) is 0. The van der Waals surface area contributed by atoms with Crippen molar-refractivity contribution in [1.82, 2.24) is 4.98 Å². The molecule has 1 aromatic rings. The zero-order chi connectivity index (χ0) is 11.3. The summed E-state index contributed by atoms with van der Waals surface area (Å²) in [5.41, 5.74) is 4.30. The van der Waals surface area contributed by atoms with Crippen LogP contribution in [0.5, 0.6) is 0 Å². The number of alkyl halides is 3. The second kappa shape index (κ2) is 4.80. The summed E-state index contributed by atoms with van der Waals surface area (Å²) in [5.74, 6) is 4.96. The molecule has 0 aliphatic carbocycles. The molecule has 2 nitrogen and oxygen atoms in total. The highest BCUT2D eigenvalue weighted by Crippen LogP contribution is 2.30. The van der Waals surface area contributed by atoms with Gasteiger partial charge in [0.05, 0.1) is 11.1 Å². The molecule has 0 unspecified atom stereocenters. The molecule has 0 fully saturated rings. The second-order valence-electron chi connectivity index (χ2n) is 2.76. The van der Waals surface area contributed by atoms with E-state index < -0.39 is 11.7 Å². The molecule has 0 atom stereocenters. The largest absolute Gasteiger partial charge is 0.417 e. The van der Waals surface area contributed by atoms with Crippen molar-refractivity contribution < 1.29 is 13.2 Å². The molecule has 1 aromatic heterocycles. The molecule has 15 heavy (non-hydrogen) atoms. The zero-order valence-corrected chi connectivity index (χ0v) is 7.80. The maximum atomic E-state index is 12.4. The number of halogens is 3. The molecule has 0 aliphatic rings. The molecule has 0 aliphatic heterocycles. The van der Waals surface area contributed by atoms with Crippen LogP contribution in [-0.4, -0.2) is 11.5 Å². The first-order chi connectivity index (χ1) is 7.05. The number of hydrogen-bond acceptors (Lipinski definition) is 2. The minimum absolute atomic E-state index is 0.113. The molecular weight excluding hydrogens is 205 g/mol. The van der Waals surface area contributed by atoms with E-state index in [4.69, 9.17) is 5.73 Å². The third-order valence-corrected chi connectivity index (χ3v) is 1.62. The normalized spacial score (nSPS) is 10.7. The summed E-state index contributed by atoms with van der Waals surface area (Å²) in [5, 5.41) is 0. The minimum atomic E-state index is -4.39. The Morgan fingerprint density at radius 2 is 2.13 bits per heavy atom. The van der Waals surface area contributed by atoms with E-state index in [1.165, 1.54) is 0 Å². The summed E-state index contributed by atoms with van der Waals surface area (Å²) >= 11 is 0. The molecule has 80 valence electrons. The van der Waals surface area contributed by atoms with Gasteiger partial charge in [-0.2, -0.15) is 13.2 Å². The lowest BCUT2D eigenvalue weighted by molar-refractivity contribution is -0.137. The number of nitrogens with zero attached hydrogens (tertiary/aromatic N) is 1. The van der Waals surface area contributed by atoms with Gasteiger partial charge >= 0.3 is 6.18 Å². The molecule has 0 saturated carbocycles. The van der Waals surface area contributed by atoms with Crippen LogP contribution in [0, 0.1) is 11.8 Å². The van der Waals surface area contributed by atoms with Gasteiger partial charge in [0.2, 0.25) is 0 Å². The molecule has 0 bridgehead atoms. The predicted octanol–water partition coefficient (Wildman–Crippen LogP) is 1.80. The minimum Gasteiger partial charge on any atom is -0.330 e. The van der Waals surface area contributed by atoms with Crippen LogP contribution in [0.15, 0.2) is 18.5 Å². The molecule has 0 amide bonds. The van der Waals surface area contributed by atoms with Gasteiger partial charge in [-0.05, 0) is 6.07 Å². The van der Waals surface area contributed by atoms with Crippen molar-refractivity contribution in [3.63, 3.8) is 0 Å². The third-order valence-electron chi connectivity index (χ3n) is 1.62. The Balaban J connectivity index is 3.04. The van der Waals surface area contributed by atoms with Gasteiger partial charge in [0.1, 0.15) is 0 Å². The van der Waals surface area contributed by atoms with E-state index in [1.807, 2.05) is 0 Å². The van der Waals surface area contributed by atoms with Gasteiger partial charge in [-0.1, -0.05) is 11.8 Å². The molecular formula is C10H9F3N2. The fourth-order valence-corrected chi connectivity index (χ4v) is 0.971. The SMILES string of the molecule is NCCC#Cc1cnccc1C(F)(F)F. The van der Waals surface area contributed by atoms with Crippen molar-refractivity contribution in [3.8, 4) is 11.8 Å². The van der Waals surface area contributed by atoms with E-state index >= 15 is 0 Å². The molecule has 5 heteroatoms. The number of nitrogens with two attached hydrogens (primary N) is 1. The summed E-state index contributed by atoms with van der Waals surface area (Å²) < 4.78 is 37.3. The van der Waals surface area contributed by atoms with Crippen LogP contribution in [-0.2, 0) is 6.18 Å². The Kier molecular flexibility index (Phi) is 3.69. The van der Waals surface area contributed by atoms with Crippen LogP contribution in [0.25, 0.3) is 0 Å². The highest BCUT2D eigenvalue weighted by molar-refractivity contribution is 5.40. The average molecular weight is 214 g/mol. The predicted molar refractivity (Wildman–Crippen MR) is 49.8 cm³/mol. The van der Waals surface area contributed by atoms with Crippen LogP contribution >= 0.6 is 0 Å². The maximum absolute atomic E-state index is 12.4. The quantitative estimate of drug-likeness (QED) is 0.724. The number of pyridine rings is 1. The van der Waals surface area contributed by atoms with Gasteiger partial charge < -0.3 is 5.73 Å². The van der Waals surface area contributed by atoms with Crippen molar-refractivity contribution in [2.24, 2.45) is 5.73 Å². The fourth-order valence-electron chi connectivity index (χ4n) is 0.971. The van der Waals surface area contributed by atoms with Crippen LogP contribution < -0.4 is 5.73 Å². The molecule has 1 rings (SSSR count). The zero-order valence-electron chi connectivity index (χ0n) is 7.80. The van der Waals surface area contributed by atoms with E-state index in [2.05, 4.69) is 16.8 Å². The fraction of sp³-hybridized carbons (Fsp3) is 0.300. The highest BCUT2D eigenvalue weighted by Gasteiger charge is 2.32. The van der Waals surface area contributed by atoms with Gasteiger partial charge in [0.15, 0.2) is 0 Å². The van der Waals surface area contributed by atoms with Gasteiger partial charge in [0, 0.05) is 25.4 Å². The Morgan fingerprint density at radius 1 is 1.40 bits per heavy atom. The van der Waals surface area contributed by atoms with Crippen LogP contribution in [0.4, 0.5) is 13.2 Å². The number of rotatable bonds is 1. The van der Waals surface area contributed by atoms with Gasteiger partial charge in [-0.25, -0.2) is 0 Å². The molecule has 2 N–H and O–H groups in total. The molecule has 1 heterocycles. The maximum Gasteiger partial charge on any atom is 0.417 e. The molecule has 0 radical (unpaired) electrons. The van der Waals surface area contributed by atoms with E-state index in [0.717, 1.165) is 18.5 Å². The Hall–Kier alpha value is -1.54. The Morgan fingerprint density at radius 3 is 2.73 bits per heavy atom. The third kappa shape index (κ3) is 3.26. The average Bonchev–Trinajstić information content (AvgIpc) is 2.17. The van der Waals surface area contributed by atoms with Crippen LogP contribution in [0.1, 0.15) is 17.5 Å². The molecule has 0 saturated heterocycles. The van der Waals surface area contributed by atoms with E-state index in [0.29, 0.717) is 13.0 Å². The first-order valence-electron chi connectivity index (χ1n) is 4.26. The van der Waals surface area contributed by atoms with Crippen LogP contribution in [0.3, 0.4) is 0 Å². The molecule has 0 aromatic carbocycles. The Labute approximate surface area is 85.3 Å². The summed E-state index contributed by atoms with van der Waals surface area (Å²) in [4.78, 5) is 3.60. The van der Waals surface area contributed by atoms with Gasteiger partial charge in [0.25, 0.3) is 0 Å². The lowest BCUT2D eigenvalue weighted by Gasteiger charge is -2.07. The van der Waals surface area contributed by atoms with Crippen molar-refractivity contribution in [2.75, 3.05) is 6.54 Å². The number of hydrogen-bond donors (Lipinski definition) is 1. The standard InChI is InChI=1S/C10H9F3N2/c11-10(12,13)9-4-6-15-7-8(9)3-1-2-5-14/h4,6-7H,2,5,14H2. The first-order valence-corrected chi connectivity index (χ1v) is 4.26. The van der Waals surface area contributed by atoms with E-state index in [-0.39, 0.29) is 5.56 Å². The summed E-state index contributed by atoms with van der Waals surface area (Å²) in [6.45, 7) is 0.328.